The number of hydrogen-bond acceptors (Lipinski definition) is 6. The van der Waals surface area contributed by atoms with Crippen LogP contribution in [-0.4, -0.2) is 43.4 Å². The van der Waals surface area contributed by atoms with E-state index >= 15 is 0 Å². The van der Waals surface area contributed by atoms with E-state index in [1.165, 1.54) is 0 Å². The quantitative estimate of drug-likeness (QED) is 0.665. The number of anilines is 1. The van der Waals surface area contributed by atoms with E-state index in [0.717, 1.165) is 48.3 Å². The highest BCUT2D eigenvalue weighted by Gasteiger charge is 2.15. The molecule has 1 aromatic carbocycles. The number of carbonyl (C=O) groups is 1. The van der Waals surface area contributed by atoms with Gasteiger partial charge in [-0.05, 0) is 18.1 Å². The number of morpholine rings is 1. The van der Waals surface area contributed by atoms with Gasteiger partial charge in [-0.25, -0.2) is 10.4 Å². The number of nitrogens with one attached hydrogen (secondary N) is 1. The van der Waals surface area contributed by atoms with Crippen molar-refractivity contribution in [3.05, 3.63) is 46.5 Å². The number of nitrogens with zero attached hydrogens (tertiary/aromatic N) is 3. The van der Waals surface area contributed by atoms with Crippen LogP contribution in [0.3, 0.4) is 0 Å². The van der Waals surface area contributed by atoms with Gasteiger partial charge in [0.1, 0.15) is 0 Å². The summed E-state index contributed by atoms with van der Waals surface area (Å²) < 4.78 is 5.34. The number of hydrazone groups is 1. The maximum Gasteiger partial charge on any atom is 0.246 e. The highest BCUT2D eigenvalue weighted by Crippen LogP contribution is 2.21. The molecule has 1 aliphatic rings. The van der Waals surface area contributed by atoms with Crippen molar-refractivity contribution in [1.29, 1.82) is 0 Å². The normalized spacial score (nSPS) is 15.0. The molecule has 2 heterocycles. The molecule has 0 atom stereocenters. The molecule has 126 valence electrons. The molecular weight excluding hydrogens is 324 g/mol. The number of aryl methyl sites for hydroxylation is 1. The van der Waals surface area contributed by atoms with Crippen molar-refractivity contribution in [2.75, 3.05) is 31.2 Å². The third kappa shape index (κ3) is 4.39. The van der Waals surface area contributed by atoms with Gasteiger partial charge in [0.05, 0.1) is 31.5 Å². The molecule has 1 aliphatic heterocycles. The summed E-state index contributed by atoms with van der Waals surface area (Å²) in [7, 11) is 0. The van der Waals surface area contributed by atoms with Crippen LogP contribution in [0.4, 0.5) is 5.13 Å². The fraction of sp³-hybridized carbons (Fsp3) is 0.353. The third-order valence-corrected chi connectivity index (χ3v) is 4.69. The van der Waals surface area contributed by atoms with E-state index in [1.807, 2.05) is 36.6 Å². The summed E-state index contributed by atoms with van der Waals surface area (Å²) in [5, 5.41) is 6.89. The summed E-state index contributed by atoms with van der Waals surface area (Å²) in [6, 6.07) is 7.88. The smallest absolute Gasteiger partial charge is 0.246 e. The molecule has 1 amide bonds. The number of rotatable bonds is 5. The van der Waals surface area contributed by atoms with E-state index in [1.54, 1.807) is 17.6 Å². The second kappa shape index (κ2) is 8.03. The Balaban J connectivity index is 1.52. The highest BCUT2D eigenvalue weighted by atomic mass is 32.1. The van der Waals surface area contributed by atoms with E-state index in [0.29, 0.717) is 0 Å². The number of amides is 1. The molecule has 0 bridgehead atoms. The molecule has 24 heavy (non-hydrogen) atoms. The zero-order chi connectivity index (χ0) is 16.8. The van der Waals surface area contributed by atoms with Gasteiger partial charge in [0.25, 0.3) is 0 Å². The van der Waals surface area contributed by atoms with Gasteiger partial charge >= 0.3 is 0 Å². The van der Waals surface area contributed by atoms with Crippen molar-refractivity contribution in [1.82, 2.24) is 10.4 Å². The number of carbonyl (C=O) groups excluding carboxylic acids is 1. The molecule has 0 aliphatic carbocycles. The minimum absolute atomic E-state index is 0.168. The molecule has 3 rings (SSSR count). The lowest BCUT2D eigenvalue weighted by molar-refractivity contribution is -0.120. The molecule has 2 aromatic rings. The van der Waals surface area contributed by atoms with E-state index < -0.39 is 0 Å². The molecule has 0 radical (unpaired) electrons. The average molecular weight is 344 g/mol. The summed E-state index contributed by atoms with van der Waals surface area (Å²) in [6.07, 6.45) is 1.89. The second-order valence-corrected chi connectivity index (χ2v) is 6.38. The SMILES string of the molecule is Cc1ccccc1/C=N\NC(=O)Cc1csc(N2CCOCC2)n1. The van der Waals surface area contributed by atoms with Crippen LogP contribution in [0.15, 0.2) is 34.7 Å². The van der Waals surface area contributed by atoms with Crippen LogP contribution in [0.25, 0.3) is 0 Å². The van der Waals surface area contributed by atoms with Crippen molar-refractivity contribution < 1.29 is 9.53 Å². The van der Waals surface area contributed by atoms with Crippen molar-refractivity contribution in [2.45, 2.75) is 13.3 Å². The molecule has 1 saturated heterocycles. The van der Waals surface area contributed by atoms with Crippen LogP contribution in [0.5, 0.6) is 0 Å². The summed E-state index contributed by atoms with van der Waals surface area (Å²) in [5.74, 6) is -0.168. The maximum absolute atomic E-state index is 12.0. The van der Waals surface area contributed by atoms with E-state index in [4.69, 9.17) is 4.74 Å². The molecule has 7 heteroatoms. The molecular formula is C17H20N4O2S. The fourth-order valence-corrected chi connectivity index (χ4v) is 3.27. The zero-order valence-electron chi connectivity index (χ0n) is 13.6. The Hall–Kier alpha value is -2.25. The van der Waals surface area contributed by atoms with Crippen molar-refractivity contribution >= 4 is 28.6 Å². The van der Waals surface area contributed by atoms with E-state index in [2.05, 4.69) is 20.4 Å². The largest absolute Gasteiger partial charge is 0.378 e. The van der Waals surface area contributed by atoms with Crippen molar-refractivity contribution in [3.63, 3.8) is 0 Å². The number of benzene rings is 1. The lowest BCUT2D eigenvalue weighted by Gasteiger charge is -2.26. The third-order valence-electron chi connectivity index (χ3n) is 3.74. The molecule has 0 saturated carbocycles. The Morgan fingerprint density at radius 1 is 1.42 bits per heavy atom. The minimum Gasteiger partial charge on any atom is -0.378 e. The summed E-state index contributed by atoms with van der Waals surface area (Å²) >= 11 is 1.56. The number of thiazole rings is 1. The molecule has 1 aromatic heterocycles. The number of aromatic nitrogens is 1. The molecule has 0 spiro atoms. The van der Waals surface area contributed by atoms with Crippen LogP contribution in [-0.2, 0) is 16.0 Å². The van der Waals surface area contributed by atoms with Gasteiger partial charge in [-0.15, -0.1) is 11.3 Å². The molecule has 1 N–H and O–H groups in total. The van der Waals surface area contributed by atoms with Gasteiger partial charge < -0.3 is 9.64 Å². The maximum atomic E-state index is 12.0. The fourth-order valence-electron chi connectivity index (χ4n) is 2.39. The van der Waals surface area contributed by atoms with Crippen LogP contribution >= 0.6 is 11.3 Å². The van der Waals surface area contributed by atoms with Crippen LogP contribution in [0, 0.1) is 6.92 Å². The Morgan fingerprint density at radius 3 is 3.00 bits per heavy atom. The van der Waals surface area contributed by atoms with Gasteiger partial charge in [-0.3, -0.25) is 4.79 Å². The highest BCUT2D eigenvalue weighted by molar-refractivity contribution is 7.13. The van der Waals surface area contributed by atoms with Gasteiger partial charge in [0.2, 0.25) is 5.91 Å². The van der Waals surface area contributed by atoms with Crippen molar-refractivity contribution in [2.24, 2.45) is 5.10 Å². The lowest BCUT2D eigenvalue weighted by atomic mass is 10.1. The standard InChI is InChI=1S/C17H20N4O2S/c1-13-4-2-3-5-14(13)11-18-20-16(22)10-15-12-24-17(19-15)21-6-8-23-9-7-21/h2-5,11-12H,6-10H2,1H3,(H,20,22)/b18-11-. The number of ether oxygens (including phenoxy) is 1. The predicted octanol–water partition coefficient (Wildman–Crippen LogP) is 1.98. The second-order valence-electron chi connectivity index (χ2n) is 5.55. The Kier molecular flexibility index (Phi) is 5.55. The average Bonchev–Trinajstić information content (AvgIpc) is 3.06. The van der Waals surface area contributed by atoms with Crippen LogP contribution in [0.1, 0.15) is 16.8 Å². The lowest BCUT2D eigenvalue weighted by Crippen LogP contribution is -2.36. The van der Waals surface area contributed by atoms with Crippen LogP contribution < -0.4 is 10.3 Å². The summed E-state index contributed by atoms with van der Waals surface area (Å²) in [6.45, 7) is 5.15. The van der Waals surface area contributed by atoms with Crippen molar-refractivity contribution in [3.8, 4) is 0 Å². The molecule has 1 fully saturated rings. The first-order chi connectivity index (χ1) is 11.7. The first kappa shape index (κ1) is 16.6. The van der Waals surface area contributed by atoms with E-state index in [-0.39, 0.29) is 12.3 Å². The molecule has 6 nitrogen and oxygen atoms in total. The summed E-state index contributed by atoms with van der Waals surface area (Å²) in [5.41, 5.74) is 5.43. The van der Waals surface area contributed by atoms with E-state index in [9.17, 15) is 4.79 Å². The number of hydrogen-bond donors (Lipinski definition) is 1. The Bertz CT molecular complexity index is 723. The van der Waals surface area contributed by atoms with Gasteiger partial charge in [-0.2, -0.15) is 5.10 Å². The monoisotopic (exact) mass is 344 g/mol. The van der Waals surface area contributed by atoms with Gasteiger partial charge in [-0.1, -0.05) is 24.3 Å². The van der Waals surface area contributed by atoms with Gasteiger partial charge in [0.15, 0.2) is 5.13 Å². The Morgan fingerprint density at radius 2 is 2.21 bits per heavy atom. The first-order valence-electron chi connectivity index (χ1n) is 7.87. The molecule has 0 unspecified atom stereocenters. The van der Waals surface area contributed by atoms with Gasteiger partial charge in [0, 0.05) is 18.5 Å². The topological polar surface area (TPSA) is 66.8 Å². The summed E-state index contributed by atoms with van der Waals surface area (Å²) in [4.78, 5) is 18.7. The first-order valence-corrected chi connectivity index (χ1v) is 8.75. The predicted molar refractivity (Wildman–Crippen MR) is 95.8 cm³/mol. The van der Waals surface area contributed by atoms with Crippen LogP contribution in [0.2, 0.25) is 0 Å². The zero-order valence-corrected chi connectivity index (χ0v) is 14.4. The minimum atomic E-state index is -0.168. The Labute approximate surface area is 145 Å².